The molecule has 1 saturated heterocycles. The molecule has 2 N–H and O–H groups in total. The molecule has 0 spiro atoms. The van der Waals surface area contributed by atoms with Crippen LogP contribution < -0.4 is 5.32 Å². The molecule has 92 valence electrons. The average molecular weight is 251 g/mol. The van der Waals surface area contributed by atoms with Crippen LogP contribution in [0.5, 0.6) is 0 Å². The zero-order chi connectivity index (χ0) is 12.3. The summed E-state index contributed by atoms with van der Waals surface area (Å²) in [4.78, 5) is 11.3. The van der Waals surface area contributed by atoms with Gasteiger partial charge in [0.15, 0.2) is 0 Å². The Morgan fingerprint density at radius 2 is 2.41 bits per heavy atom. The van der Waals surface area contributed by atoms with E-state index in [-0.39, 0.29) is 5.92 Å². The Kier molecular flexibility index (Phi) is 3.94. The molecule has 2 unspecified atom stereocenters. The van der Waals surface area contributed by atoms with E-state index in [1.165, 1.54) is 0 Å². The van der Waals surface area contributed by atoms with Crippen LogP contribution in [0.2, 0.25) is 0 Å². The highest BCUT2D eigenvalue weighted by atomic mass is 32.2. The first-order valence-corrected chi connectivity index (χ1v) is 6.96. The number of anilines is 1. The van der Waals surface area contributed by atoms with E-state index in [1.54, 1.807) is 0 Å². The lowest BCUT2D eigenvalue weighted by atomic mass is 9.99. The topological polar surface area (TPSA) is 49.3 Å². The first-order chi connectivity index (χ1) is 8.16. The van der Waals surface area contributed by atoms with Gasteiger partial charge in [-0.15, -0.1) is 0 Å². The van der Waals surface area contributed by atoms with Gasteiger partial charge in [0, 0.05) is 5.69 Å². The fraction of sp³-hybridized carbons (Fsp3) is 0.462. The monoisotopic (exact) mass is 251 g/mol. The zero-order valence-corrected chi connectivity index (χ0v) is 10.7. The molecule has 2 rings (SSSR count). The average Bonchev–Trinajstić information content (AvgIpc) is 2.78. The lowest BCUT2D eigenvalue weighted by molar-refractivity contribution is -0.138. The normalized spacial score (nSPS) is 21.1. The lowest BCUT2D eigenvalue weighted by Gasteiger charge is -2.21. The fourth-order valence-corrected chi connectivity index (χ4v) is 3.41. The van der Waals surface area contributed by atoms with Crippen molar-refractivity contribution in [3.63, 3.8) is 0 Å². The van der Waals surface area contributed by atoms with Gasteiger partial charge in [0.1, 0.15) is 6.04 Å². The van der Waals surface area contributed by atoms with Gasteiger partial charge in [-0.3, -0.25) is 0 Å². The Morgan fingerprint density at radius 1 is 1.59 bits per heavy atom. The van der Waals surface area contributed by atoms with Gasteiger partial charge in [-0.25, -0.2) is 4.79 Å². The summed E-state index contributed by atoms with van der Waals surface area (Å²) in [6.07, 6.45) is 0.987. The predicted octanol–water partition coefficient (Wildman–Crippen LogP) is 2.61. The number of carboxylic acids is 1. The van der Waals surface area contributed by atoms with Crippen molar-refractivity contribution in [2.45, 2.75) is 19.4 Å². The summed E-state index contributed by atoms with van der Waals surface area (Å²) in [6, 6.07) is 7.39. The number of rotatable bonds is 4. The van der Waals surface area contributed by atoms with Crippen molar-refractivity contribution in [2.24, 2.45) is 5.92 Å². The van der Waals surface area contributed by atoms with Crippen LogP contribution in [0, 0.1) is 12.8 Å². The Bertz CT molecular complexity index is 402. The van der Waals surface area contributed by atoms with E-state index < -0.39 is 12.0 Å². The van der Waals surface area contributed by atoms with Gasteiger partial charge in [0.2, 0.25) is 0 Å². The highest BCUT2D eigenvalue weighted by molar-refractivity contribution is 7.99. The van der Waals surface area contributed by atoms with Crippen molar-refractivity contribution in [2.75, 3.05) is 16.8 Å². The maximum atomic E-state index is 11.3. The Hall–Kier alpha value is -1.16. The molecule has 0 amide bonds. The van der Waals surface area contributed by atoms with Crippen LogP contribution in [0.25, 0.3) is 0 Å². The first kappa shape index (κ1) is 12.3. The lowest BCUT2D eigenvalue weighted by Crippen LogP contribution is -2.37. The molecule has 17 heavy (non-hydrogen) atoms. The van der Waals surface area contributed by atoms with Crippen molar-refractivity contribution < 1.29 is 9.90 Å². The van der Waals surface area contributed by atoms with E-state index in [4.69, 9.17) is 0 Å². The van der Waals surface area contributed by atoms with Crippen molar-refractivity contribution >= 4 is 23.4 Å². The van der Waals surface area contributed by atoms with E-state index in [9.17, 15) is 9.90 Å². The van der Waals surface area contributed by atoms with E-state index in [0.29, 0.717) is 0 Å². The predicted molar refractivity (Wildman–Crippen MR) is 71.7 cm³/mol. The van der Waals surface area contributed by atoms with Crippen LogP contribution in [0.1, 0.15) is 12.0 Å². The summed E-state index contributed by atoms with van der Waals surface area (Å²) in [5.74, 6) is 1.50. The van der Waals surface area contributed by atoms with Crippen molar-refractivity contribution in [3.8, 4) is 0 Å². The molecular formula is C13H17NO2S. The summed E-state index contributed by atoms with van der Waals surface area (Å²) in [7, 11) is 0. The molecule has 4 heteroatoms. The number of aryl methyl sites for hydroxylation is 1. The number of hydrogen-bond donors (Lipinski definition) is 2. The second-order valence-corrected chi connectivity index (χ2v) is 5.60. The van der Waals surface area contributed by atoms with Crippen molar-refractivity contribution in [1.82, 2.24) is 0 Å². The molecule has 0 saturated carbocycles. The molecule has 1 heterocycles. The van der Waals surface area contributed by atoms with Crippen molar-refractivity contribution in [1.29, 1.82) is 0 Å². The summed E-state index contributed by atoms with van der Waals surface area (Å²) in [6.45, 7) is 2.01. The maximum absolute atomic E-state index is 11.3. The third-order valence-electron chi connectivity index (χ3n) is 3.04. The Balaban J connectivity index is 2.09. The van der Waals surface area contributed by atoms with Gasteiger partial charge in [-0.2, -0.15) is 11.8 Å². The summed E-state index contributed by atoms with van der Waals surface area (Å²) in [5.41, 5.74) is 2.04. The van der Waals surface area contributed by atoms with Gasteiger partial charge in [0.25, 0.3) is 0 Å². The van der Waals surface area contributed by atoms with E-state index in [0.717, 1.165) is 29.2 Å². The third-order valence-corrected chi connectivity index (χ3v) is 4.23. The zero-order valence-electron chi connectivity index (χ0n) is 9.85. The van der Waals surface area contributed by atoms with Gasteiger partial charge < -0.3 is 10.4 Å². The van der Waals surface area contributed by atoms with Gasteiger partial charge in [0.05, 0.1) is 0 Å². The molecule has 1 fully saturated rings. The third kappa shape index (κ3) is 3.16. The second kappa shape index (κ2) is 5.45. The van der Waals surface area contributed by atoms with Crippen LogP contribution >= 0.6 is 11.8 Å². The second-order valence-electron chi connectivity index (χ2n) is 4.45. The van der Waals surface area contributed by atoms with E-state index in [2.05, 4.69) is 5.32 Å². The Labute approximate surface area is 106 Å². The number of hydrogen-bond acceptors (Lipinski definition) is 3. The maximum Gasteiger partial charge on any atom is 0.326 e. The van der Waals surface area contributed by atoms with Gasteiger partial charge >= 0.3 is 5.97 Å². The molecule has 0 aliphatic carbocycles. The molecule has 0 aromatic heterocycles. The van der Waals surface area contributed by atoms with Crippen LogP contribution in [-0.4, -0.2) is 28.6 Å². The van der Waals surface area contributed by atoms with E-state index >= 15 is 0 Å². The number of carboxylic acid groups (broad SMARTS) is 1. The molecule has 3 nitrogen and oxygen atoms in total. The number of carbonyl (C=O) groups is 1. The highest BCUT2D eigenvalue weighted by Gasteiger charge is 2.30. The smallest absolute Gasteiger partial charge is 0.326 e. The van der Waals surface area contributed by atoms with Crippen LogP contribution in [0.4, 0.5) is 5.69 Å². The largest absolute Gasteiger partial charge is 0.480 e. The highest BCUT2D eigenvalue weighted by Crippen LogP contribution is 2.28. The quantitative estimate of drug-likeness (QED) is 0.863. The Morgan fingerprint density at radius 3 is 3.00 bits per heavy atom. The molecule has 1 aromatic rings. The number of thioether (sulfide) groups is 1. The molecule has 0 radical (unpaired) electrons. The molecule has 1 aromatic carbocycles. The minimum absolute atomic E-state index is 0.234. The van der Waals surface area contributed by atoms with Crippen molar-refractivity contribution in [3.05, 3.63) is 29.8 Å². The molecule has 1 aliphatic rings. The molecule has 0 bridgehead atoms. The van der Waals surface area contributed by atoms with E-state index in [1.807, 2.05) is 43.0 Å². The number of nitrogens with one attached hydrogen (secondary N) is 1. The van der Waals surface area contributed by atoms with Crippen LogP contribution in [-0.2, 0) is 4.79 Å². The fourth-order valence-electron chi connectivity index (χ4n) is 2.11. The number of aliphatic carboxylic acids is 1. The summed E-state index contributed by atoms with van der Waals surface area (Å²) >= 11 is 1.84. The van der Waals surface area contributed by atoms with Gasteiger partial charge in [-0.1, -0.05) is 12.1 Å². The summed E-state index contributed by atoms with van der Waals surface area (Å²) in [5, 5.41) is 12.4. The molecule has 2 atom stereocenters. The minimum atomic E-state index is -0.751. The summed E-state index contributed by atoms with van der Waals surface area (Å²) < 4.78 is 0. The van der Waals surface area contributed by atoms with Gasteiger partial charge in [-0.05, 0) is 48.5 Å². The number of benzene rings is 1. The van der Waals surface area contributed by atoms with Crippen LogP contribution in [0.15, 0.2) is 24.3 Å². The van der Waals surface area contributed by atoms with Crippen LogP contribution in [0.3, 0.4) is 0 Å². The SMILES string of the molecule is Cc1cccc(NC(C(=O)O)C2CCSC2)c1. The molecule has 1 aliphatic heterocycles. The first-order valence-electron chi connectivity index (χ1n) is 5.80. The molecular weight excluding hydrogens is 234 g/mol. The minimum Gasteiger partial charge on any atom is -0.480 e. The standard InChI is InChI=1S/C13H17NO2S/c1-9-3-2-4-11(7-9)14-12(13(15)16)10-5-6-17-8-10/h2-4,7,10,12,14H,5-6,8H2,1H3,(H,15,16).